The van der Waals surface area contributed by atoms with E-state index in [-0.39, 0.29) is 5.48 Å². The van der Waals surface area contributed by atoms with E-state index in [2.05, 4.69) is 53.2 Å². The summed E-state index contributed by atoms with van der Waals surface area (Å²) >= 11 is 0. The van der Waals surface area contributed by atoms with Crippen molar-refractivity contribution in [2.45, 2.75) is 6.54 Å². The van der Waals surface area contributed by atoms with Crippen molar-refractivity contribution in [3.63, 3.8) is 0 Å². The maximum Gasteiger partial charge on any atom is 0.220 e. The van der Waals surface area contributed by atoms with Gasteiger partial charge in [0.15, 0.2) is 12.7 Å². The van der Waals surface area contributed by atoms with Gasteiger partial charge in [0.1, 0.15) is 0 Å². The van der Waals surface area contributed by atoms with Crippen LogP contribution in [0.25, 0.3) is 17.0 Å². The maximum atomic E-state index is 2.28. The van der Waals surface area contributed by atoms with Crippen LogP contribution in [0.2, 0.25) is 0 Å². The van der Waals surface area contributed by atoms with Crippen molar-refractivity contribution in [2.24, 2.45) is 0 Å². The highest BCUT2D eigenvalue weighted by atomic mass is 16.0. The van der Waals surface area contributed by atoms with Gasteiger partial charge in [-0.05, 0) is 30.4 Å². The molecule has 3 rings (SSSR count). The second-order valence-electron chi connectivity index (χ2n) is 3.35. The fraction of sp³-hybridized carbons (Fsp3) is 0.0833. The average molecular weight is 185 g/mol. The first-order chi connectivity index (χ1) is 6.45. The fourth-order valence-electron chi connectivity index (χ4n) is 1.95. The molecule has 0 spiro atoms. The van der Waals surface area contributed by atoms with Gasteiger partial charge < -0.3 is 5.48 Å². The first-order valence-corrected chi connectivity index (χ1v) is 4.53. The van der Waals surface area contributed by atoms with Gasteiger partial charge in [0, 0.05) is 17.0 Å². The third-order valence-electron chi connectivity index (χ3n) is 2.53. The van der Waals surface area contributed by atoms with Crippen molar-refractivity contribution < 1.29 is 10.0 Å². The van der Waals surface area contributed by atoms with Crippen LogP contribution in [0.4, 0.5) is 0 Å². The van der Waals surface area contributed by atoms with Crippen molar-refractivity contribution >= 4 is 17.0 Å². The first kappa shape index (κ1) is 8.91. The summed E-state index contributed by atoms with van der Waals surface area (Å²) in [4.78, 5) is 0. The highest BCUT2D eigenvalue weighted by Gasteiger charge is 2.13. The summed E-state index contributed by atoms with van der Waals surface area (Å²) < 4.78 is 2.28. The zero-order valence-electron chi connectivity index (χ0n) is 7.72. The number of nitrogens with zero attached hydrogens (tertiary/aromatic N) is 1. The van der Waals surface area contributed by atoms with Crippen LogP contribution >= 0.6 is 0 Å². The number of benzene rings is 1. The largest absolute Gasteiger partial charge is 0.870 e. The van der Waals surface area contributed by atoms with Crippen molar-refractivity contribution in [1.29, 1.82) is 0 Å². The molecule has 0 unspecified atom stereocenters. The molecule has 0 fully saturated rings. The Labute approximate surface area is 82.4 Å². The molecule has 0 saturated carbocycles. The summed E-state index contributed by atoms with van der Waals surface area (Å²) in [6, 6.07) is 10.7. The van der Waals surface area contributed by atoms with Crippen LogP contribution in [-0.2, 0) is 6.54 Å². The zero-order chi connectivity index (χ0) is 8.67. The van der Waals surface area contributed by atoms with Crippen LogP contribution < -0.4 is 4.57 Å². The minimum atomic E-state index is 0. The molecule has 0 aliphatic carbocycles. The molecule has 2 aromatic rings. The summed E-state index contributed by atoms with van der Waals surface area (Å²) in [5.41, 5.74) is 2.68. The SMILES string of the molecule is C1=Cc2cccc3ccc[n+](c23)C1.[OH-]. The lowest BCUT2D eigenvalue weighted by Crippen LogP contribution is -2.35. The molecule has 0 atom stereocenters. The standard InChI is InChI=1S/C12H10N.H2O/c1-4-10-6-2-8-13-9-3-7-11(5-1)12(10)13;/h1-8H,9H2;1H2/q+1;/p-1. The molecule has 2 heteroatoms. The van der Waals surface area contributed by atoms with E-state index in [9.17, 15) is 0 Å². The van der Waals surface area contributed by atoms with Gasteiger partial charge in [-0.3, -0.25) is 0 Å². The van der Waals surface area contributed by atoms with Gasteiger partial charge in [-0.1, -0.05) is 6.07 Å². The molecule has 1 aromatic heterocycles. The Kier molecular flexibility index (Phi) is 2.06. The molecule has 14 heavy (non-hydrogen) atoms. The van der Waals surface area contributed by atoms with E-state index in [0.29, 0.717) is 0 Å². The molecular formula is C12H11NO. The lowest BCUT2D eigenvalue weighted by molar-refractivity contribution is -0.661. The zero-order valence-corrected chi connectivity index (χ0v) is 7.72. The van der Waals surface area contributed by atoms with Gasteiger partial charge in [-0.15, -0.1) is 0 Å². The molecule has 2 nitrogen and oxygen atoms in total. The Hall–Kier alpha value is -1.67. The maximum absolute atomic E-state index is 2.28. The summed E-state index contributed by atoms with van der Waals surface area (Å²) in [5.74, 6) is 0. The average Bonchev–Trinajstić information content (AvgIpc) is 2.19. The van der Waals surface area contributed by atoms with E-state index < -0.39 is 0 Å². The number of allylic oxidation sites excluding steroid dienone is 1. The number of pyridine rings is 1. The van der Waals surface area contributed by atoms with Gasteiger partial charge in [-0.2, -0.15) is 4.57 Å². The Bertz CT molecular complexity index is 497. The number of aromatic nitrogens is 1. The lowest BCUT2D eigenvalue weighted by atomic mass is 10.1. The third-order valence-corrected chi connectivity index (χ3v) is 2.53. The summed E-state index contributed by atoms with van der Waals surface area (Å²) in [6.07, 6.45) is 6.53. The van der Waals surface area contributed by atoms with Crippen LogP contribution in [0.3, 0.4) is 0 Å². The van der Waals surface area contributed by atoms with Crippen molar-refractivity contribution in [3.05, 3.63) is 48.2 Å². The number of rotatable bonds is 0. The second kappa shape index (κ2) is 3.24. The topological polar surface area (TPSA) is 33.9 Å². The Morgan fingerprint density at radius 3 is 2.86 bits per heavy atom. The van der Waals surface area contributed by atoms with Gasteiger partial charge in [0.2, 0.25) is 5.52 Å². The minimum absolute atomic E-state index is 0. The Morgan fingerprint density at radius 2 is 1.93 bits per heavy atom. The molecule has 1 aliphatic heterocycles. The molecule has 0 radical (unpaired) electrons. The summed E-state index contributed by atoms with van der Waals surface area (Å²) in [6.45, 7) is 0.994. The highest BCUT2D eigenvalue weighted by Crippen LogP contribution is 2.18. The molecule has 1 aliphatic rings. The van der Waals surface area contributed by atoms with E-state index in [1.54, 1.807) is 0 Å². The van der Waals surface area contributed by atoms with Gasteiger partial charge in [0.05, 0.1) is 0 Å². The van der Waals surface area contributed by atoms with Gasteiger partial charge >= 0.3 is 0 Å². The van der Waals surface area contributed by atoms with E-state index in [1.807, 2.05) is 0 Å². The normalized spacial score (nSPS) is 12.6. The lowest BCUT2D eigenvalue weighted by Gasteiger charge is -2.05. The van der Waals surface area contributed by atoms with Crippen LogP contribution in [-0.4, -0.2) is 5.48 Å². The third kappa shape index (κ3) is 1.12. The number of para-hydroxylation sites is 1. The Balaban J connectivity index is 0.000000750. The van der Waals surface area contributed by atoms with E-state index in [4.69, 9.17) is 0 Å². The molecule has 0 amide bonds. The summed E-state index contributed by atoms with van der Waals surface area (Å²) in [5, 5.41) is 1.32. The van der Waals surface area contributed by atoms with Crippen LogP contribution in [0.5, 0.6) is 0 Å². The predicted octanol–water partition coefficient (Wildman–Crippen LogP) is 1.98. The summed E-state index contributed by atoms with van der Waals surface area (Å²) in [7, 11) is 0. The smallest absolute Gasteiger partial charge is 0.220 e. The van der Waals surface area contributed by atoms with E-state index in [0.717, 1.165) is 6.54 Å². The first-order valence-electron chi connectivity index (χ1n) is 4.53. The molecule has 1 aromatic carbocycles. The molecule has 0 bridgehead atoms. The molecular weight excluding hydrogens is 174 g/mol. The van der Waals surface area contributed by atoms with Crippen LogP contribution in [0.15, 0.2) is 42.6 Å². The van der Waals surface area contributed by atoms with Gasteiger partial charge in [-0.25, -0.2) is 0 Å². The second-order valence-corrected chi connectivity index (χ2v) is 3.35. The molecule has 70 valence electrons. The monoisotopic (exact) mass is 185 g/mol. The van der Waals surface area contributed by atoms with Gasteiger partial charge in [0.25, 0.3) is 0 Å². The van der Waals surface area contributed by atoms with Crippen molar-refractivity contribution in [2.75, 3.05) is 0 Å². The van der Waals surface area contributed by atoms with Crippen LogP contribution in [0, 0.1) is 0 Å². The highest BCUT2D eigenvalue weighted by molar-refractivity contribution is 5.84. The minimum Gasteiger partial charge on any atom is -0.870 e. The van der Waals surface area contributed by atoms with Crippen molar-refractivity contribution in [3.8, 4) is 0 Å². The molecule has 0 saturated heterocycles. The molecule has 1 N–H and O–H groups in total. The van der Waals surface area contributed by atoms with Crippen molar-refractivity contribution in [1.82, 2.24) is 0 Å². The predicted molar refractivity (Wildman–Crippen MR) is 55.1 cm³/mol. The van der Waals surface area contributed by atoms with E-state index in [1.165, 1.54) is 16.5 Å². The fourth-order valence-corrected chi connectivity index (χ4v) is 1.95. The number of hydrogen-bond acceptors (Lipinski definition) is 1. The molecule has 2 heterocycles. The van der Waals surface area contributed by atoms with Crippen LogP contribution in [0.1, 0.15) is 5.56 Å². The quantitative estimate of drug-likeness (QED) is 0.578. The van der Waals surface area contributed by atoms with E-state index >= 15 is 0 Å². The number of hydrogen-bond donors (Lipinski definition) is 0. The Morgan fingerprint density at radius 1 is 1.07 bits per heavy atom.